The first-order valence-corrected chi connectivity index (χ1v) is 4.87. The number of nitrogens with one attached hydrogen (secondary N) is 1. The number of anilines is 1. The van der Waals surface area contributed by atoms with Crippen LogP contribution >= 0.6 is 0 Å². The normalized spacial score (nSPS) is 9.35. The molecule has 1 N–H and O–H groups in total. The van der Waals surface area contributed by atoms with Crippen LogP contribution in [0.2, 0.25) is 0 Å². The Bertz CT molecular complexity index is 394. The quantitative estimate of drug-likeness (QED) is 0.736. The molecule has 0 fully saturated rings. The molecule has 3 amide bonds. The minimum absolute atomic E-state index is 0.412. The van der Waals surface area contributed by atoms with Gasteiger partial charge >= 0.3 is 12.1 Å². The third-order valence-corrected chi connectivity index (χ3v) is 1.83. The molecule has 0 aliphatic heterocycles. The molecule has 7 heteroatoms. The standard InChI is InChI=1S/C10H14N4O3/c1-11-9(15)14(17-10(16)13(2)3)8-4-6-12-7-5-8/h4-7H,1-3H3,(H,11,15). The summed E-state index contributed by atoms with van der Waals surface area (Å²) in [7, 11) is 4.49. The molecule has 92 valence electrons. The molecule has 1 rings (SSSR count). The Labute approximate surface area is 98.9 Å². The molecule has 7 nitrogen and oxygen atoms in total. The number of nitrogens with zero attached hydrogens (tertiary/aromatic N) is 3. The van der Waals surface area contributed by atoms with E-state index in [1.807, 2.05) is 0 Å². The van der Waals surface area contributed by atoms with Crippen molar-refractivity contribution >= 4 is 17.8 Å². The first kappa shape index (κ1) is 12.8. The van der Waals surface area contributed by atoms with Gasteiger partial charge in [0.15, 0.2) is 0 Å². The Morgan fingerprint density at radius 2 is 1.88 bits per heavy atom. The second kappa shape index (κ2) is 5.69. The maximum absolute atomic E-state index is 11.6. The van der Waals surface area contributed by atoms with E-state index in [-0.39, 0.29) is 0 Å². The first-order valence-electron chi connectivity index (χ1n) is 4.87. The Hall–Kier alpha value is -2.31. The lowest BCUT2D eigenvalue weighted by Gasteiger charge is -2.22. The van der Waals surface area contributed by atoms with E-state index in [4.69, 9.17) is 4.84 Å². The highest BCUT2D eigenvalue weighted by atomic mass is 16.7. The van der Waals surface area contributed by atoms with Crippen LogP contribution in [0.15, 0.2) is 24.5 Å². The van der Waals surface area contributed by atoms with Gasteiger partial charge in [-0.1, -0.05) is 0 Å². The number of carbonyl (C=O) groups excluding carboxylic acids is 2. The van der Waals surface area contributed by atoms with Gasteiger partial charge in [0.1, 0.15) is 0 Å². The van der Waals surface area contributed by atoms with Crippen molar-refractivity contribution in [2.75, 3.05) is 26.2 Å². The molecule has 0 radical (unpaired) electrons. The average molecular weight is 238 g/mol. The Kier molecular flexibility index (Phi) is 4.27. The van der Waals surface area contributed by atoms with Gasteiger partial charge in [-0.05, 0) is 12.1 Å². The van der Waals surface area contributed by atoms with Crippen molar-refractivity contribution < 1.29 is 14.4 Å². The molecule has 1 aromatic heterocycles. The molecule has 1 aromatic rings. The second-order valence-electron chi connectivity index (χ2n) is 3.31. The zero-order chi connectivity index (χ0) is 12.8. The fourth-order valence-corrected chi connectivity index (χ4v) is 0.952. The lowest BCUT2D eigenvalue weighted by atomic mass is 10.4. The van der Waals surface area contributed by atoms with Gasteiger partial charge in [0.2, 0.25) is 0 Å². The number of aromatic nitrogens is 1. The molecular formula is C10H14N4O3. The van der Waals surface area contributed by atoms with E-state index in [2.05, 4.69) is 10.3 Å². The van der Waals surface area contributed by atoms with Gasteiger partial charge in [0.25, 0.3) is 0 Å². The van der Waals surface area contributed by atoms with Crippen molar-refractivity contribution in [1.82, 2.24) is 15.2 Å². The SMILES string of the molecule is CNC(=O)N(OC(=O)N(C)C)c1ccncc1. The van der Waals surface area contributed by atoms with Crippen LogP contribution in [0.1, 0.15) is 0 Å². The Balaban J connectivity index is 2.90. The summed E-state index contributed by atoms with van der Waals surface area (Å²) < 4.78 is 0. The predicted octanol–water partition coefficient (Wildman–Crippen LogP) is 0.841. The Morgan fingerprint density at radius 1 is 1.29 bits per heavy atom. The fourth-order valence-electron chi connectivity index (χ4n) is 0.952. The minimum atomic E-state index is -0.648. The third-order valence-electron chi connectivity index (χ3n) is 1.83. The number of pyridine rings is 1. The van der Waals surface area contributed by atoms with E-state index >= 15 is 0 Å². The van der Waals surface area contributed by atoms with Gasteiger partial charge in [-0.25, -0.2) is 9.59 Å². The number of amides is 3. The van der Waals surface area contributed by atoms with Gasteiger partial charge in [-0.3, -0.25) is 4.98 Å². The van der Waals surface area contributed by atoms with Gasteiger partial charge in [0, 0.05) is 33.5 Å². The van der Waals surface area contributed by atoms with Crippen LogP contribution in [0.5, 0.6) is 0 Å². The van der Waals surface area contributed by atoms with Crippen molar-refractivity contribution in [3.63, 3.8) is 0 Å². The molecule has 0 aliphatic rings. The van der Waals surface area contributed by atoms with Crippen LogP contribution in [0.25, 0.3) is 0 Å². The highest BCUT2D eigenvalue weighted by Crippen LogP contribution is 2.13. The summed E-state index contributed by atoms with van der Waals surface area (Å²) in [5.74, 6) is 0. The number of rotatable bonds is 1. The summed E-state index contributed by atoms with van der Waals surface area (Å²) in [5, 5.41) is 3.24. The van der Waals surface area contributed by atoms with Gasteiger partial charge in [-0.2, -0.15) is 0 Å². The van der Waals surface area contributed by atoms with Crippen LogP contribution in [0.4, 0.5) is 15.3 Å². The van der Waals surface area contributed by atoms with Crippen LogP contribution < -0.4 is 10.4 Å². The number of hydroxylamine groups is 1. The lowest BCUT2D eigenvalue weighted by Crippen LogP contribution is -2.42. The van der Waals surface area contributed by atoms with Gasteiger partial charge in [0.05, 0.1) is 5.69 Å². The molecular weight excluding hydrogens is 224 g/mol. The topological polar surface area (TPSA) is 74.8 Å². The van der Waals surface area contributed by atoms with Crippen molar-refractivity contribution in [2.24, 2.45) is 0 Å². The Morgan fingerprint density at radius 3 is 2.35 bits per heavy atom. The van der Waals surface area contributed by atoms with E-state index < -0.39 is 12.1 Å². The molecule has 17 heavy (non-hydrogen) atoms. The fraction of sp³-hybridized carbons (Fsp3) is 0.300. The largest absolute Gasteiger partial charge is 0.434 e. The maximum atomic E-state index is 11.6. The number of hydrogen-bond acceptors (Lipinski definition) is 4. The molecule has 0 spiro atoms. The van der Waals surface area contributed by atoms with Gasteiger partial charge in [-0.15, -0.1) is 5.06 Å². The summed E-state index contributed by atoms with van der Waals surface area (Å²) in [6.07, 6.45) is 2.34. The summed E-state index contributed by atoms with van der Waals surface area (Å²) in [6, 6.07) is 2.56. The zero-order valence-electron chi connectivity index (χ0n) is 9.88. The summed E-state index contributed by atoms with van der Waals surface area (Å²) >= 11 is 0. The monoisotopic (exact) mass is 238 g/mol. The molecule has 0 aliphatic carbocycles. The highest BCUT2D eigenvalue weighted by Gasteiger charge is 2.20. The summed E-state index contributed by atoms with van der Waals surface area (Å²) in [4.78, 5) is 33.0. The molecule has 0 bridgehead atoms. The van der Waals surface area contributed by atoms with Crippen molar-refractivity contribution in [3.8, 4) is 0 Å². The molecule has 1 heterocycles. The van der Waals surface area contributed by atoms with Crippen molar-refractivity contribution in [2.45, 2.75) is 0 Å². The van der Waals surface area contributed by atoms with E-state index in [0.717, 1.165) is 5.06 Å². The van der Waals surface area contributed by atoms with Crippen molar-refractivity contribution in [3.05, 3.63) is 24.5 Å². The van der Waals surface area contributed by atoms with Crippen molar-refractivity contribution in [1.29, 1.82) is 0 Å². The number of urea groups is 1. The number of hydrogen-bond donors (Lipinski definition) is 1. The van der Waals surface area contributed by atoms with E-state index in [0.29, 0.717) is 5.69 Å². The highest BCUT2D eigenvalue weighted by molar-refractivity contribution is 5.91. The number of carbonyl (C=O) groups is 2. The predicted molar refractivity (Wildman–Crippen MR) is 61.3 cm³/mol. The molecule has 0 saturated heterocycles. The summed E-state index contributed by atoms with van der Waals surface area (Å²) in [5.41, 5.74) is 0.412. The zero-order valence-corrected chi connectivity index (χ0v) is 9.88. The van der Waals surface area contributed by atoms with Crippen LogP contribution in [0.3, 0.4) is 0 Å². The maximum Gasteiger partial charge on any atom is 0.434 e. The lowest BCUT2D eigenvalue weighted by molar-refractivity contribution is 0.111. The van der Waals surface area contributed by atoms with E-state index in [1.54, 1.807) is 12.1 Å². The first-order chi connectivity index (χ1) is 8.06. The molecule has 0 unspecified atom stereocenters. The average Bonchev–Trinajstić information content (AvgIpc) is 2.35. The van der Waals surface area contributed by atoms with Crippen LogP contribution in [-0.2, 0) is 4.84 Å². The molecule has 0 saturated carbocycles. The molecule has 0 atom stereocenters. The van der Waals surface area contributed by atoms with E-state index in [9.17, 15) is 9.59 Å². The van der Waals surface area contributed by atoms with E-state index in [1.165, 1.54) is 38.4 Å². The van der Waals surface area contributed by atoms with Gasteiger partial charge < -0.3 is 15.1 Å². The molecule has 0 aromatic carbocycles. The smallest absolute Gasteiger partial charge is 0.338 e. The minimum Gasteiger partial charge on any atom is -0.338 e. The second-order valence-corrected chi connectivity index (χ2v) is 3.31. The summed E-state index contributed by atoms with van der Waals surface area (Å²) in [6.45, 7) is 0. The van der Waals surface area contributed by atoms with Crippen LogP contribution in [-0.4, -0.2) is 43.2 Å². The van der Waals surface area contributed by atoms with Crippen LogP contribution in [0, 0.1) is 0 Å². The third kappa shape index (κ3) is 3.33.